The second-order valence-corrected chi connectivity index (χ2v) is 7.44. The zero-order valence-electron chi connectivity index (χ0n) is 16.9. The standard InChI is InChI=1S/C22H21N5O4/c1-24-10-19(28)25-13-4-2-12-3-6-15-20(22(23)29)26-27(21(15)16(12)8-13)14-5-7-17-18(9-14)31-11-30-17/h2,4-5,7-9,24H,3,6,10-11H2,1H3,(H2,23,29)(H,25,28). The Labute approximate surface area is 178 Å². The van der Waals surface area contributed by atoms with Crippen LogP contribution in [0.15, 0.2) is 36.4 Å². The zero-order chi connectivity index (χ0) is 21.5. The number of rotatable bonds is 5. The second-order valence-electron chi connectivity index (χ2n) is 7.44. The summed E-state index contributed by atoms with van der Waals surface area (Å²) in [5.74, 6) is 0.569. The number of likely N-dealkylation sites (N-methyl/N-ethyl adjacent to an activating group) is 1. The fourth-order valence-electron chi connectivity index (χ4n) is 4.08. The van der Waals surface area contributed by atoms with Gasteiger partial charge in [0, 0.05) is 22.9 Å². The number of nitrogens with one attached hydrogen (secondary N) is 2. The summed E-state index contributed by atoms with van der Waals surface area (Å²) >= 11 is 0. The molecule has 1 aliphatic carbocycles. The lowest BCUT2D eigenvalue weighted by Crippen LogP contribution is -2.25. The number of amides is 2. The van der Waals surface area contributed by atoms with Crippen LogP contribution < -0.4 is 25.8 Å². The van der Waals surface area contributed by atoms with Gasteiger partial charge < -0.3 is 25.8 Å². The van der Waals surface area contributed by atoms with Crippen molar-refractivity contribution >= 4 is 17.5 Å². The van der Waals surface area contributed by atoms with Crippen LogP contribution in [0.1, 0.15) is 21.6 Å². The van der Waals surface area contributed by atoms with Gasteiger partial charge in [0.1, 0.15) is 0 Å². The lowest BCUT2D eigenvalue weighted by molar-refractivity contribution is -0.115. The van der Waals surface area contributed by atoms with Gasteiger partial charge in [-0.1, -0.05) is 6.07 Å². The Balaban J connectivity index is 1.65. The minimum Gasteiger partial charge on any atom is -0.454 e. The van der Waals surface area contributed by atoms with Crippen molar-refractivity contribution in [1.29, 1.82) is 0 Å². The van der Waals surface area contributed by atoms with E-state index in [0.717, 1.165) is 34.5 Å². The van der Waals surface area contributed by atoms with Crippen molar-refractivity contribution in [2.75, 3.05) is 25.7 Å². The summed E-state index contributed by atoms with van der Waals surface area (Å²) < 4.78 is 12.6. The van der Waals surface area contributed by atoms with Crippen molar-refractivity contribution in [2.24, 2.45) is 5.73 Å². The molecule has 4 N–H and O–H groups in total. The molecular weight excluding hydrogens is 398 g/mol. The predicted octanol–water partition coefficient (Wildman–Crippen LogP) is 1.62. The first-order chi connectivity index (χ1) is 15.0. The number of nitrogens with zero attached hydrogens (tertiary/aromatic N) is 2. The van der Waals surface area contributed by atoms with Gasteiger partial charge in [0.2, 0.25) is 12.7 Å². The van der Waals surface area contributed by atoms with Crippen molar-refractivity contribution in [1.82, 2.24) is 15.1 Å². The summed E-state index contributed by atoms with van der Waals surface area (Å²) in [5.41, 5.74) is 10.9. The van der Waals surface area contributed by atoms with E-state index in [1.165, 1.54) is 0 Å². The third-order valence-electron chi connectivity index (χ3n) is 5.45. The van der Waals surface area contributed by atoms with E-state index in [-0.39, 0.29) is 24.9 Å². The number of anilines is 1. The van der Waals surface area contributed by atoms with E-state index < -0.39 is 5.91 Å². The molecule has 0 unspecified atom stereocenters. The maximum atomic E-state index is 12.1. The molecule has 9 nitrogen and oxygen atoms in total. The molecule has 0 atom stereocenters. The minimum atomic E-state index is -0.572. The summed E-state index contributed by atoms with van der Waals surface area (Å²) in [7, 11) is 1.72. The Kier molecular flexibility index (Phi) is 4.59. The third-order valence-corrected chi connectivity index (χ3v) is 5.45. The van der Waals surface area contributed by atoms with Crippen LogP contribution in [0, 0.1) is 0 Å². The van der Waals surface area contributed by atoms with Crippen molar-refractivity contribution < 1.29 is 19.1 Å². The lowest BCUT2D eigenvalue weighted by atomic mass is 9.88. The number of hydrogen-bond acceptors (Lipinski definition) is 6. The Morgan fingerprint density at radius 1 is 1.13 bits per heavy atom. The smallest absolute Gasteiger partial charge is 0.269 e. The Morgan fingerprint density at radius 2 is 1.97 bits per heavy atom. The van der Waals surface area contributed by atoms with Crippen LogP contribution in [-0.2, 0) is 17.6 Å². The van der Waals surface area contributed by atoms with Crippen LogP contribution in [0.5, 0.6) is 11.5 Å². The molecule has 1 aliphatic heterocycles. The van der Waals surface area contributed by atoms with Gasteiger partial charge >= 0.3 is 0 Å². The van der Waals surface area contributed by atoms with E-state index in [9.17, 15) is 9.59 Å². The van der Waals surface area contributed by atoms with E-state index in [0.29, 0.717) is 23.6 Å². The van der Waals surface area contributed by atoms with Crippen molar-refractivity contribution in [3.8, 4) is 28.4 Å². The van der Waals surface area contributed by atoms with Crippen LogP contribution in [0.3, 0.4) is 0 Å². The molecule has 1 aromatic heterocycles. The van der Waals surface area contributed by atoms with Gasteiger partial charge in [0.05, 0.1) is 17.9 Å². The number of carbonyl (C=O) groups is 2. The highest BCUT2D eigenvalue weighted by Gasteiger charge is 2.29. The largest absolute Gasteiger partial charge is 0.454 e. The molecule has 0 saturated heterocycles. The number of benzene rings is 2. The summed E-state index contributed by atoms with van der Waals surface area (Å²) in [6.07, 6.45) is 1.40. The maximum absolute atomic E-state index is 12.1. The number of aryl methyl sites for hydroxylation is 1. The number of carbonyl (C=O) groups excluding carboxylic acids is 2. The van der Waals surface area contributed by atoms with Gasteiger partial charge in [-0.15, -0.1) is 0 Å². The van der Waals surface area contributed by atoms with Gasteiger partial charge in [-0.05, 0) is 49.7 Å². The number of fused-ring (bicyclic) bond motifs is 4. The normalized spacial score (nSPS) is 13.5. The molecule has 0 saturated carbocycles. The van der Waals surface area contributed by atoms with E-state index in [1.54, 1.807) is 11.7 Å². The second kappa shape index (κ2) is 7.44. The van der Waals surface area contributed by atoms with Crippen LogP contribution in [0.2, 0.25) is 0 Å². The Morgan fingerprint density at radius 3 is 2.77 bits per heavy atom. The van der Waals surface area contributed by atoms with Gasteiger partial charge in [-0.2, -0.15) is 5.10 Å². The van der Waals surface area contributed by atoms with Crippen molar-refractivity contribution in [3.05, 3.63) is 53.2 Å². The zero-order valence-corrected chi connectivity index (χ0v) is 16.9. The van der Waals surface area contributed by atoms with Crippen LogP contribution in [-0.4, -0.2) is 42.0 Å². The fraction of sp³-hybridized carbons (Fsp3) is 0.227. The third kappa shape index (κ3) is 3.28. The highest BCUT2D eigenvalue weighted by molar-refractivity contribution is 5.96. The molecule has 31 heavy (non-hydrogen) atoms. The monoisotopic (exact) mass is 419 g/mol. The topological polar surface area (TPSA) is 120 Å². The SMILES string of the molecule is CNCC(=O)Nc1ccc2c(c1)-c1c(c(C(N)=O)nn1-c1ccc3c(c1)OCO3)CC2. The van der Waals surface area contributed by atoms with E-state index in [2.05, 4.69) is 15.7 Å². The van der Waals surface area contributed by atoms with Crippen LogP contribution >= 0.6 is 0 Å². The average molecular weight is 419 g/mol. The fourth-order valence-corrected chi connectivity index (χ4v) is 4.08. The molecule has 0 radical (unpaired) electrons. The highest BCUT2D eigenvalue weighted by atomic mass is 16.7. The highest BCUT2D eigenvalue weighted by Crippen LogP contribution is 2.40. The number of hydrogen-bond donors (Lipinski definition) is 3. The molecule has 3 aromatic rings. The number of nitrogens with two attached hydrogens (primary N) is 1. The molecule has 2 aromatic carbocycles. The van der Waals surface area contributed by atoms with E-state index in [1.807, 2.05) is 36.4 Å². The maximum Gasteiger partial charge on any atom is 0.269 e. The summed E-state index contributed by atoms with van der Waals surface area (Å²) in [6.45, 7) is 0.379. The molecule has 158 valence electrons. The lowest BCUT2D eigenvalue weighted by Gasteiger charge is -2.20. The number of primary amides is 1. The van der Waals surface area contributed by atoms with E-state index in [4.69, 9.17) is 15.2 Å². The van der Waals surface area contributed by atoms with Gasteiger partial charge in [0.25, 0.3) is 5.91 Å². The van der Waals surface area contributed by atoms with Crippen molar-refractivity contribution in [3.63, 3.8) is 0 Å². The summed E-state index contributed by atoms with van der Waals surface area (Å²) in [4.78, 5) is 24.2. The quantitative estimate of drug-likeness (QED) is 0.578. The Hall–Kier alpha value is -3.85. The first-order valence-corrected chi connectivity index (χ1v) is 9.94. The van der Waals surface area contributed by atoms with Crippen molar-refractivity contribution in [2.45, 2.75) is 12.8 Å². The molecule has 9 heteroatoms. The number of aromatic nitrogens is 2. The molecule has 0 spiro atoms. The van der Waals surface area contributed by atoms with Gasteiger partial charge in [-0.3, -0.25) is 9.59 Å². The molecule has 0 bridgehead atoms. The molecule has 0 fully saturated rings. The number of ether oxygens (including phenoxy) is 2. The summed E-state index contributed by atoms with van der Waals surface area (Å²) in [6, 6.07) is 11.3. The predicted molar refractivity (Wildman–Crippen MR) is 114 cm³/mol. The Bertz CT molecular complexity index is 1220. The molecule has 5 rings (SSSR count). The van der Waals surface area contributed by atoms with E-state index >= 15 is 0 Å². The summed E-state index contributed by atoms with van der Waals surface area (Å²) in [5, 5.41) is 10.3. The minimum absolute atomic E-state index is 0.138. The molecular formula is C22H21N5O4. The van der Waals surface area contributed by atoms with Gasteiger partial charge in [-0.25, -0.2) is 4.68 Å². The average Bonchev–Trinajstić information content (AvgIpc) is 3.38. The van der Waals surface area contributed by atoms with Crippen LogP contribution in [0.25, 0.3) is 16.9 Å². The molecule has 2 heterocycles. The van der Waals surface area contributed by atoms with Crippen LogP contribution in [0.4, 0.5) is 5.69 Å². The first-order valence-electron chi connectivity index (χ1n) is 9.94. The molecule has 2 aliphatic rings. The van der Waals surface area contributed by atoms with Gasteiger partial charge in [0.15, 0.2) is 17.2 Å². The first kappa shape index (κ1) is 19.1. The molecule has 2 amide bonds.